The first-order valence-electron chi connectivity index (χ1n) is 5.55. The molecule has 1 unspecified atom stereocenters. The number of carbonyl (C=O) groups excluding carboxylic acids is 1. The Bertz CT molecular complexity index is 393. The lowest BCUT2D eigenvalue weighted by Gasteiger charge is -2.25. The van der Waals surface area contributed by atoms with E-state index in [1.54, 1.807) is 0 Å². The van der Waals surface area contributed by atoms with E-state index in [0.717, 1.165) is 23.4 Å². The minimum absolute atomic E-state index is 0.135. The molecule has 2 rings (SSSR count). The third kappa shape index (κ3) is 2.27. The van der Waals surface area contributed by atoms with Gasteiger partial charge in [0.2, 0.25) is 5.91 Å². The van der Waals surface area contributed by atoms with Gasteiger partial charge in [-0.2, -0.15) is 0 Å². The fourth-order valence-electron chi connectivity index (χ4n) is 1.88. The number of para-hydroxylation sites is 1. The molecule has 1 aromatic carbocycles. The Labute approximate surface area is 95.2 Å². The second-order valence-corrected chi connectivity index (χ2v) is 4.22. The minimum atomic E-state index is 0.135. The van der Waals surface area contributed by atoms with E-state index in [9.17, 15) is 4.79 Å². The molecule has 4 N–H and O–H groups in total. The topological polar surface area (TPSA) is 67.2 Å². The third-order valence-electron chi connectivity index (χ3n) is 2.95. The first kappa shape index (κ1) is 10.8. The van der Waals surface area contributed by atoms with Crippen molar-refractivity contribution in [2.24, 2.45) is 0 Å². The van der Waals surface area contributed by atoms with Gasteiger partial charge in [0.05, 0.1) is 11.4 Å². The monoisotopic (exact) mass is 219 g/mol. The van der Waals surface area contributed by atoms with Crippen LogP contribution in [0.5, 0.6) is 0 Å². The molecule has 1 fully saturated rings. The Balaban J connectivity index is 2.04. The molecule has 1 aromatic rings. The molecule has 4 nitrogen and oxygen atoms in total. The SMILES string of the molecule is Cc1cccc(NC2CCC(=O)NC2)c1N. The molecule has 0 aromatic heterocycles. The highest BCUT2D eigenvalue weighted by atomic mass is 16.1. The highest BCUT2D eigenvalue weighted by Crippen LogP contribution is 2.23. The maximum absolute atomic E-state index is 11.0. The van der Waals surface area contributed by atoms with Crippen LogP contribution in [0.25, 0.3) is 0 Å². The second kappa shape index (κ2) is 4.43. The Morgan fingerprint density at radius 3 is 3.00 bits per heavy atom. The van der Waals surface area contributed by atoms with Crippen molar-refractivity contribution < 1.29 is 4.79 Å². The summed E-state index contributed by atoms with van der Waals surface area (Å²) in [4.78, 5) is 11.0. The van der Waals surface area contributed by atoms with Crippen LogP contribution in [0.2, 0.25) is 0 Å². The van der Waals surface area contributed by atoms with Crippen LogP contribution in [0.4, 0.5) is 11.4 Å². The van der Waals surface area contributed by atoms with Crippen LogP contribution in [0.1, 0.15) is 18.4 Å². The number of carbonyl (C=O) groups is 1. The number of piperidine rings is 1. The molecule has 16 heavy (non-hydrogen) atoms. The molecule has 0 aliphatic carbocycles. The Morgan fingerprint density at radius 2 is 2.31 bits per heavy atom. The molecule has 1 aliphatic heterocycles. The zero-order valence-corrected chi connectivity index (χ0v) is 9.42. The lowest BCUT2D eigenvalue weighted by atomic mass is 10.1. The van der Waals surface area contributed by atoms with Gasteiger partial charge in [-0.3, -0.25) is 4.79 Å². The largest absolute Gasteiger partial charge is 0.397 e. The van der Waals surface area contributed by atoms with E-state index in [-0.39, 0.29) is 11.9 Å². The second-order valence-electron chi connectivity index (χ2n) is 4.22. The van der Waals surface area contributed by atoms with Crippen molar-refractivity contribution in [2.45, 2.75) is 25.8 Å². The lowest BCUT2D eigenvalue weighted by molar-refractivity contribution is -0.122. The minimum Gasteiger partial charge on any atom is -0.397 e. The van der Waals surface area contributed by atoms with Crippen LogP contribution in [0.3, 0.4) is 0 Å². The molecule has 86 valence electrons. The molecule has 0 saturated carbocycles. The molecule has 1 amide bonds. The Hall–Kier alpha value is -1.71. The number of amides is 1. The van der Waals surface area contributed by atoms with Crippen LogP contribution >= 0.6 is 0 Å². The lowest BCUT2D eigenvalue weighted by Crippen LogP contribution is -2.42. The Morgan fingerprint density at radius 1 is 1.50 bits per heavy atom. The van der Waals surface area contributed by atoms with Crippen LogP contribution in [-0.4, -0.2) is 18.5 Å². The summed E-state index contributed by atoms with van der Waals surface area (Å²) in [5.74, 6) is 0.135. The molecule has 1 heterocycles. The predicted molar refractivity (Wildman–Crippen MR) is 65.2 cm³/mol. The molecule has 1 atom stereocenters. The predicted octanol–water partition coefficient (Wildman–Crippen LogP) is 1.27. The first-order chi connectivity index (χ1) is 7.66. The van der Waals surface area contributed by atoms with Crippen LogP contribution in [0, 0.1) is 6.92 Å². The van der Waals surface area contributed by atoms with E-state index in [4.69, 9.17) is 5.73 Å². The summed E-state index contributed by atoms with van der Waals surface area (Å²) >= 11 is 0. The molecule has 1 aliphatic rings. The first-order valence-corrected chi connectivity index (χ1v) is 5.55. The zero-order valence-electron chi connectivity index (χ0n) is 9.42. The molecule has 0 radical (unpaired) electrons. The Kier molecular flexibility index (Phi) is 2.99. The fraction of sp³-hybridized carbons (Fsp3) is 0.417. The van der Waals surface area contributed by atoms with Crippen LogP contribution in [-0.2, 0) is 4.79 Å². The maximum Gasteiger partial charge on any atom is 0.220 e. The summed E-state index contributed by atoms with van der Waals surface area (Å²) in [6, 6.07) is 6.22. The van der Waals surface area contributed by atoms with Crippen molar-refractivity contribution in [3.63, 3.8) is 0 Å². The molecule has 4 heteroatoms. The van der Waals surface area contributed by atoms with E-state index in [1.807, 2.05) is 25.1 Å². The van der Waals surface area contributed by atoms with Gasteiger partial charge < -0.3 is 16.4 Å². The van der Waals surface area contributed by atoms with Gasteiger partial charge in [-0.05, 0) is 25.0 Å². The average molecular weight is 219 g/mol. The van der Waals surface area contributed by atoms with Gasteiger partial charge in [0.1, 0.15) is 0 Å². The number of anilines is 2. The normalized spacial score (nSPS) is 20.3. The number of hydrogen-bond acceptors (Lipinski definition) is 3. The number of rotatable bonds is 2. The summed E-state index contributed by atoms with van der Waals surface area (Å²) in [5.41, 5.74) is 8.80. The molecule has 1 saturated heterocycles. The summed E-state index contributed by atoms with van der Waals surface area (Å²) in [6.45, 7) is 2.66. The van der Waals surface area contributed by atoms with Gasteiger partial charge in [-0.25, -0.2) is 0 Å². The molecular weight excluding hydrogens is 202 g/mol. The molecule has 0 bridgehead atoms. The van der Waals surface area contributed by atoms with E-state index >= 15 is 0 Å². The van der Waals surface area contributed by atoms with Crippen molar-refractivity contribution >= 4 is 17.3 Å². The van der Waals surface area contributed by atoms with E-state index < -0.39 is 0 Å². The van der Waals surface area contributed by atoms with Crippen molar-refractivity contribution in [2.75, 3.05) is 17.6 Å². The number of nitrogens with two attached hydrogens (primary N) is 1. The smallest absolute Gasteiger partial charge is 0.220 e. The summed E-state index contributed by atoms with van der Waals surface area (Å²) in [6.07, 6.45) is 1.45. The molecule has 0 spiro atoms. The summed E-state index contributed by atoms with van der Waals surface area (Å²) in [7, 11) is 0. The van der Waals surface area contributed by atoms with E-state index in [1.165, 1.54) is 0 Å². The molecular formula is C12H17N3O. The van der Waals surface area contributed by atoms with Gasteiger partial charge in [0.15, 0.2) is 0 Å². The number of aryl methyl sites for hydroxylation is 1. The van der Waals surface area contributed by atoms with Gasteiger partial charge in [0, 0.05) is 19.0 Å². The number of nitrogens with one attached hydrogen (secondary N) is 2. The van der Waals surface area contributed by atoms with Crippen LogP contribution < -0.4 is 16.4 Å². The highest BCUT2D eigenvalue weighted by Gasteiger charge is 2.18. The number of nitrogen functional groups attached to an aromatic ring is 1. The van der Waals surface area contributed by atoms with Gasteiger partial charge in [-0.1, -0.05) is 12.1 Å². The number of benzene rings is 1. The maximum atomic E-state index is 11.0. The highest BCUT2D eigenvalue weighted by molar-refractivity contribution is 5.77. The standard InChI is InChI=1S/C12H17N3O/c1-8-3-2-4-10(12(8)13)15-9-5-6-11(16)14-7-9/h2-4,9,15H,5-7,13H2,1H3,(H,14,16). The fourth-order valence-corrected chi connectivity index (χ4v) is 1.88. The average Bonchev–Trinajstić information content (AvgIpc) is 2.28. The van der Waals surface area contributed by atoms with Gasteiger partial charge in [0.25, 0.3) is 0 Å². The third-order valence-corrected chi connectivity index (χ3v) is 2.95. The van der Waals surface area contributed by atoms with Gasteiger partial charge >= 0.3 is 0 Å². The van der Waals surface area contributed by atoms with Gasteiger partial charge in [-0.15, -0.1) is 0 Å². The number of hydrogen-bond donors (Lipinski definition) is 3. The van der Waals surface area contributed by atoms with Crippen molar-refractivity contribution in [3.8, 4) is 0 Å². The van der Waals surface area contributed by atoms with Crippen molar-refractivity contribution in [3.05, 3.63) is 23.8 Å². The van der Waals surface area contributed by atoms with Crippen LogP contribution in [0.15, 0.2) is 18.2 Å². The summed E-state index contributed by atoms with van der Waals surface area (Å²) in [5, 5.41) is 6.21. The van der Waals surface area contributed by atoms with Crippen molar-refractivity contribution in [1.82, 2.24) is 5.32 Å². The zero-order chi connectivity index (χ0) is 11.5. The van der Waals surface area contributed by atoms with E-state index in [0.29, 0.717) is 13.0 Å². The quantitative estimate of drug-likeness (QED) is 0.656. The van der Waals surface area contributed by atoms with E-state index in [2.05, 4.69) is 10.6 Å². The van der Waals surface area contributed by atoms with Crippen molar-refractivity contribution in [1.29, 1.82) is 0 Å². The summed E-state index contributed by atoms with van der Waals surface area (Å²) < 4.78 is 0.